The molecule has 0 amide bonds. The summed E-state index contributed by atoms with van der Waals surface area (Å²) in [6.07, 6.45) is -0.924. The molecule has 3 aromatic carbocycles. The SMILES string of the molecule is CCCCOc1cccc(-c2ccc(-n3cc(C(C)(C)O)nc3-c3ccccc3C(F)(F)F)cc2)c1. The second kappa shape index (κ2) is 10.2. The van der Waals surface area contributed by atoms with Crippen LogP contribution in [0.2, 0.25) is 0 Å². The molecule has 1 N–H and O–H groups in total. The third-order valence-electron chi connectivity index (χ3n) is 5.89. The fourth-order valence-corrected chi connectivity index (χ4v) is 3.90. The molecule has 0 atom stereocenters. The van der Waals surface area contributed by atoms with Crippen molar-refractivity contribution in [3.05, 3.63) is 90.3 Å². The molecule has 1 aromatic heterocycles. The van der Waals surface area contributed by atoms with Gasteiger partial charge in [-0.2, -0.15) is 13.2 Å². The first-order valence-corrected chi connectivity index (χ1v) is 11.9. The molecule has 0 radical (unpaired) electrons. The molecule has 0 fully saturated rings. The van der Waals surface area contributed by atoms with Crippen LogP contribution in [0.3, 0.4) is 0 Å². The lowest BCUT2D eigenvalue weighted by Crippen LogP contribution is -2.15. The highest BCUT2D eigenvalue weighted by atomic mass is 19.4. The minimum absolute atomic E-state index is 0.0542. The van der Waals surface area contributed by atoms with Gasteiger partial charge in [0.2, 0.25) is 0 Å². The molecule has 4 nitrogen and oxygen atoms in total. The van der Waals surface area contributed by atoms with Gasteiger partial charge in [0, 0.05) is 17.4 Å². The number of aliphatic hydroxyl groups is 1. The van der Waals surface area contributed by atoms with Crippen molar-refractivity contribution in [2.45, 2.75) is 45.4 Å². The number of hydrogen-bond donors (Lipinski definition) is 1. The minimum atomic E-state index is -4.55. The molecule has 0 saturated carbocycles. The Kier molecular flexibility index (Phi) is 7.22. The van der Waals surface area contributed by atoms with Crippen LogP contribution in [0.25, 0.3) is 28.2 Å². The maximum atomic E-state index is 13.8. The lowest BCUT2D eigenvalue weighted by molar-refractivity contribution is -0.137. The second-order valence-corrected chi connectivity index (χ2v) is 9.20. The number of halogens is 3. The van der Waals surface area contributed by atoms with Gasteiger partial charge < -0.3 is 9.84 Å². The van der Waals surface area contributed by atoms with E-state index in [0.29, 0.717) is 12.3 Å². The van der Waals surface area contributed by atoms with E-state index >= 15 is 0 Å². The highest BCUT2D eigenvalue weighted by molar-refractivity contribution is 5.68. The summed E-state index contributed by atoms with van der Waals surface area (Å²) in [4.78, 5) is 4.43. The second-order valence-electron chi connectivity index (χ2n) is 9.20. The molecular formula is C29H29F3N2O2. The van der Waals surface area contributed by atoms with Crippen molar-refractivity contribution < 1.29 is 23.0 Å². The Morgan fingerprint density at radius 2 is 1.64 bits per heavy atom. The molecule has 1 heterocycles. The average molecular weight is 495 g/mol. The van der Waals surface area contributed by atoms with Gasteiger partial charge in [0.1, 0.15) is 17.2 Å². The topological polar surface area (TPSA) is 47.3 Å². The molecule has 4 aromatic rings. The van der Waals surface area contributed by atoms with Gasteiger partial charge in [-0.1, -0.05) is 55.8 Å². The van der Waals surface area contributed by atoms with Crippen LogP contribution >= 0.6 is 0 Å². The van der Waals surface area contributed by atoms with Gasteiger partial charge in [-0.3, -0.25) is 4.57 Å². The normalized spacial score (nSPS) is 12.1. The van der Waals surface area contributed by atoms with E-state index in [1.807, 2.05) is 48.5 Å². The summed E-state index contributed by atoms with van der Waals surface area (Å²) in [5.74, 6) is 0.902. The quantitative estimate of drug-likeness (QED) is 0.256. The summed E-state index contributed by atoms with van der Waals surface area (Å²) >= 11 is 0. The van der Waals surface area contributed by atoms with E-state index in [-0.39, 0.29) is 17.1 Å². The van der Waals surface area contributed by atoms with Crippen molar-refractivity contribution in [2.75, 3.05) is 6.61 Å². The van der Waals surface area contributed by atoms with Crippen LogP contribution < -0.4 is 4.74 Å². The number of unbranched alkanes of at least 4 members (excludes halogenated alkanes) is 1. The predicted molar refractivity (Wildman–Crippen MR) is 135 cm³/mol. The molecule has 0 aliphatic carbocycles. The summed E-state index contributed by atoms with van der Waals surface area (Å²) in [7, 11) is 0. The Morgan fingerprint density at radius 1 is 0.917 bits per heavy atom. The monoisotopic (exact) mass is 494 g/mol. The van der Waals surface area contributed by atoms with E-state index in [1.165, 1.54) is 12.1 Å². The van der Waals surface area contributed by atoms with Crippen LogP contribution in [0.15, 0.2) is 79.0 Å². The predicted octanol–water partition coefficient (Wildman–Crippen LogP) is 7.63. The van der Waals surface area contributed by atoms with Gasteiger partial charge in [0.15, 0.2) is 0 Å². The molecule has 0 spiro atoms. The summed E-state index contributed by atoms with van der Waals surface area (Å²) in [6, 6.07) is 20.6. The largest absolute Gasteiger partial charge is 0.494 e. The number of nitrogens with zero attached hydrogens (tertiary/aromatic N) is 2. The Bertz CT molecular complexity index is 1320. The van der Waals surface area contributed by atoms with E-state index in [1.54, 1.807) is 30.7 Å². The molecule has 188 valence electrons. The molecular weight excluding hydrogens is 465 g/mol. The number of aromatic nitrogens is 2. The molecule has 0 aliphatic rings. The van der Waals surface area contributed by atoms with Crippen LogP contribution in [0.1, 0.15) is 44.9 Å². The van der Waals surface area contributed by atoms with Crippen molar-refractivity contribution in [2.24, 2.45) is 0 Å². The Hall–Kier alpha value is -3.58. The van der Waals surface area contributed by atoms with Gasteiger partial charge in [0.05, 0.1) is 17.9 Å². The van der Waals surface area contributed by atoms with Crippen LogP contribution in [0, 0.1) is 0 Å². The van der Waals surface area contributed by atoms with Crippen LogP contribution in [0.4, 0.5) is 13.2 Å². The van der Waals surface area contributed by atoms with Crippen molar-refractivity contribution in [3.63, 3.8) is 0 Å². The zero-order valence-electron chi connectivity index (χ0n) is 20.5. The van der Waals surface area contributed by atoms with Crippen molar-refractivity contribution >= 4 is 0 Å². The smallest absolute Gasteiger partial charge is 0.417 e. The zero-order valence-corrected chi connectivity index (χ0v) is 20.5. The molecule has 0 saturated heterocycles. The highest BCUT2D eigenvalue weighted by Gasteiger charge is 2.35. The van der Waals surface area contributed by atoms with E-state index in [9.17, 15) is 18.3 Å². The maximum Gasteiger partial charge on any atom is 0.417 e. The van der Waals surface area contributed by atoms with Crippen LogP contribution in [0.5, 0.6) is 5.75 Å². The van der Waals surface area contributed by atoms with E-state index in [2.05, 4.69) is 11.9 Å². The Morgan fingerprint density at radius 3 is 2.31 bits per heavy atom. The van der Waals surface area contributed by atoms with Gasteiger partial charge in [-0.05, 0) is 61.7 Å². The third kappa shape index (κ3) is 5.62. The Labute approximate surface area is 209 Å². The lowest BCUT2D eigenvalue weighted by atomic mass is 10.0. The molecule has 4 rings (SSSR count). The maximum absolute atomic E-state index is 13.8. The van der Waals surface area contributed by atoms with Crippen molar-refractivity contribution in [1.29, 1.82) is 0 Å². The zero-order chi connectivity index (χ0) is 25.9. The fourth-order valence-electron chi connectivity index (χ4n) is 3.90. The number of ether oxygens (including phenoxy) is 1. The number of imidazole rings is 1. The standard InChI is InChI=1S/C29H29F3N2O2/c1-4-5-17-36-23-10-8-9-21(18-23)20-13-15-22(16-14-20)34-19-26(28(2,3)35)33-27(34)24-11-6-7-12-25(24)29(30,31)32/h6-16,18-19,35H,4-5,17H2,1-3H3. The fraction of sp³-hybridized carbons (Fsp3) is 0.276. The van der Waals surface area contributed by atoms with E-state index in [0.717, 1.165) is 35.8 Å². The van der Waals surface area contributed by atoms with E-state index < -0.39 is 17.3 Å². The average Bonchev–Trinajstić information content (AvgIpc) is 3.30. The lowest BCUT2D eigenvalue weighted by Gasteiger charge is -2.14. The molecule has 7 heteroatoms. The molecule has 0 aliphatic heterocycles. The number of alkyl halides is 3. The number of rotatable bonds is 8. The first-order chi connectivity index (χ1) is 17.1. The van der Waals surface area contributed by atoms with Gasteiger partial charge in [0.25, 0.3) is 0 Å². The van der Waals surface area contributed by atoms with Gasteiger partial charge in [-0.25, -0.2) is 4.98 Å². The van der Waals surface area contributed by atoms with Crippen LogP contribution in [-0.4, -0.2) is 21.3 Å². The first-order valence-electron chi connectivity index (χ1n) is 11.9. The molecule has 0 bridgehead atoms. The summed E-state index contributed by atoms with van der Waals surface area (Å²) in [5, 5.41) is 10.5. The molecule has 36 heavy (non-hydrogen) atoms. The number of benzene rings is 3. The summed E-state index contributed by atoms with van der Waals surface area (Å²) < 4.78 is 48.8. The first kappa shape index (κ1) is 25.5. The number of hydrogen-bond acceptors (Lipinski definition) is 3. The Balaban J connectivity index is 1.74. The minimum Gasteiger partial charge on any atom is -0.494 e. The van der Waals surface area contributed by atoms with Crippen molar-refractivity contribution in [3.8, 4) is 34.0 Å². The highest BCUT2D eigenvalue weighted by Crippen LogP contribution is 2.38. The van der Waals surface area contributed by atoms with Crippen molar-refractivity contribution in [1.82, 2.24) is 9.55 Å². The summed E-state index contributed by atoms with van der Waals surface area (Å²) in [6.45, 7) is 5.88. The third-order valence-corrected chi connectivity index (χ3v) is 5.89. The molecule has 0 unspecified atom stereocenters. The van der Waals surface area contributed by atoms with Gasteiger partial charge in [-0.15, -0.1) is 0 Å². The van der Waals surface area contributed by atoms with Gasteiger partial charge >= 0.3 is 6.18 Å². The van der Waals surface area contributed by atoms with E-state index in [4.69, 9.17) is 4.74 Å². The summed E-state index contributed by atoms with van der Waals surface area (Å²) in [5.41, 5.74) is 0.656. The van der Waals surface area contributed by atoms with Crippen LogP contribution in [-0.2, 0) is 11.8 Å².